The van der Waals surface area contributed by atoms with Gasteiger partial charge in [-0.15, -0.1) is 10.3 Å². The molecule has 5 rings (SSSR count). The van der Waals surface area contributed by atoms with E-state index in [0.717, 1.165) is 35.5 Å². The zero-order chi connectivity index (χ0) is 46.9. The maximum atomic E-state index is 14.2. The van der Waals surface area contributed by atoms with E-state index in [1.54, 1.807) is 48.5 Å². The third-order valence-corrected chi connectivity index (χ3v) is 13.6. The molecule has 1 aliphatic rings. The zero-order valence-corrected chi connectivity index (χ0v) is 40.9. The van der Waals surface area contributed by atoms with Crippen LogP contribution in [-0.2, 0) is 16.3 Å². The summed E-state index contributed by atoms with van der Waals surface area (Å²) in [6.45, 7) is 9.77. The maximum Gasteiger partial charge on any atom is 0.343 e. The molecule has 0 unspecified atom stereocenters. The number of hydrogen-bond acceptors (Lipinski definition) is 7. The van der Waals surface area contributed by atoms with Gasteiger partial charge < -0.3 is 18.9 Å². The van der Waals surface area contributed by atoms with Crippen LogP contribution in [0.2, 0.25) is 0 Å². The normalized spacial score (nSPS) is 17.2. The van der Waals surface area contributed by atoms with Crippen molar-refractivity contribution in [3.8, 4) is 23.0 Å². The average molecular weight is 903 g/mol. The Kier molecular flexibility index (Phi) is 22.6. The highest BCUT2D eigenvalue weighted by molar-refractivity contribution is 5.91. The first-order valence-electron chi connectivity index (χ1n) is 25.7. The van der Waals surface area contributed by atoms with Gasteiger partial charge in [0.15, 0.2) is 0 Å². The van der Waals surface area contributed by atoms with Crippen LogP contribution in [0.15, 0.2) is 97.1 Å². The summed E-state index contributed by atoms with van der Waals surface area (Å²) >= 11 is 0. The Morgan fingerprint density at radius 1 is 0.409 bits per heavy atom. The number of carbonyl (C=O) groups is 2. The minimum Gasteiger partial charge on any atom is -0.494 e. The second-order valence-corrected chi connectivity index (χ2v) is 19.0. The van der Waals surface area contributed by atoms with Gasteiger partial charge in [-0.05, 0) is 123 Å². The van der Waals surface area contributed by atoms with Gasteiger partial charge in [-0.3, -0.25) is 0 Å². The second kappa shape index (κ2) is 28.5. The SMILES string of the molecule is CCCCCCCCCCCCCOc1ccc(C(=O)Oc2ccc([C@]3(C)CC[C@@](C)(c4ccc(OC(=O)c5ccc(OCCCCCCCCCCCCC)cc5)cc4)N3[O])cc2)cc1. The van der Waals surface area contributed by atoms with Crippen molar-refractivity contribution in [3.63, 3.8) is 0 Å². The molecule has 0 spiro atoms. The fraction of sp³-hybridized carbons (Fsp3) is 0.552. The average Bonchev–Trinajstić information content (AvgIpc) is 3.58. The van der Waals surface area contributed by atoms with Crippen LogP contribution in [0, 0.1) is 0 Å². The van der Waals surface area contributed by atoms with Crippen LogP contribution in [-0.4, -0.2) is 30.2 Å². The molecule has 8 heteroatoms. The molecule has 0 N–H and O–H groups in total. The van der Waals surface area contributed by atoms with Crippen LogP contribution in [0.25, 0.3) is 0 Å². The topological polar surface area (TPSA) is 94.2 Å². The Labute approximate surface area is 397 Å². The number of hydroxylamine groups is 2. The first kappa shape index (κ1) is 52.3. The number of rotatable bonds is 32. The monoisotopic (exact) mass is 903 g/mol. The van der Waals surface area contributed by atoms with E-state index in [9.17, 15) is 14.8 Å². The lowest BCUT2D eigenvalue weighted by Gasteiger charge is -2.37. The van der Waals surface area contributed by atoms with Crippen molar-refractivity contribution in [3.05, 3.63) is 119 Å². The summed E-state index contributed by atoms with van der Waals surface area (Å²) in [6, 6.07) is 28.6. The number of hydrogen-bond donors (Lipinski definition) is 0. The molecule has 1 radical (unpaired) electrons. The largest absolute Gasteiger partial charge is 0.494 e. The molecule has 1 saturated heterocycles. The Hall–Kier alpha value is -4.66. The van der Waals surface area contributed by atoms with Gasteiger partial charge in [0.1, 0.15) is 23.0 Å². The predicted molar refractivity (Wildman–Crippen MR) is 266 cm³/mol. The number of unbranched alkanes of at least 4 members (excludes halogenated alkanes) is 20. The third-order valence-electron chi connectivity index (χ3n) is 13.6. The number of nitrogens with zero attached hydrogens (tertiary/aromatic N) is 1. The van der Waals surface area contributed by atoms with Crippen molar-refractivity contribution in [2.45, 2.75) is 193 Å². The van der Waals surface area contributed by atoms with E-state index in [1.165, 1.54) is 133 Å². The van der Waals surface area contributed by atoms with Gasteiger partial charge in [0.25, 0.3) is 0 Å². The van der Waals surface area contributed by atoms with Crippen molar-refractivity contribution >= 4 is 11.9 Å². The molecule has 0 amide bonds. The molecule has 0 aliphatic carbocycles. The highest BCUT2D eigenvalue weighted by atomic mass is 16.5. The summed E-state index contributed by atoms with van der Waals surface area (Å²) in [5.74, 6) is 1.40. The van der Waals surface area contributed by atoms with Crippen LogP contribution in [0.5, 0.6) is 23.0 Å². The molecule has 1 heterocycles. The van der Waals surface area contributed by atoms with Crippen molar-refractivity contribution < 1.29 is 33.7 Å². The molecule has 0 aromatic heterocycles. The molecule has 0 saturated carbocycles. The summed E-state index contributed by atoms with van der Waals surface area (Å²) in [6.07, 6.45) is 29.7. The molecule has 1 fully saturated rings. The maximum absolute atomic E-state index is 14.2. The van der Waals surface area contributed by atoms with E-state index in [4.69, 9.17) is 18.9 Å². The van der Waals surface area contributed by atoms with Crippen molar-refractivity contribution in [1.82, 2.24) is 5.06 Å². The highest BCUT2D eigenvalue weighted by Gasteiger charge is 2.52. The summed E-state index contributed by atoms with van der Waals surface area (Å²) in [7, 11) is 0. The molecule has 0 bridgehead atoms. The smallest absolute Gasteiger partial charge is 0.343 e. The summed E-state index contributed by atoms with van der Waals surface area (Å²) < 4.78 is 23.3. The van der Waals surface area contributed by atoms with E-state index in [-0.39, 0.29) is 0 Å². The number of ether oxygens (including phenoxy) is 4. The van der Waals surface area contributed by atoms with Crippen molar-refractivity contribution in [2.75, 3.05) is 13.2 Å². The highest BCUT2D eigenvalue weighted by Crippen LogP contribution is 2.51. The molecule has 2 atom stereocenters. The second-order valence-electron chi connectivity index (χ2n) is 19.0. The molecule has 4 aromatic rings. The minimum absolute atomic E-state index is 0.409. The number of benzene rings is 4. The fourth-order valence-electron chi connectivity index (χ4n) is 9.14. The van der Waals surface area contributed by atoms with E-state index < -0.39 is 23.0 Å². The molecule has 8 nitrogen and oxygen atoms in total. The molecular formula is C58H80NO7. The Bertz CT molecular complexity index is 1820. The molecule has 1 aliphatic heterocycles. The predicted octanol–water partition coefficient (Wildman–Crippen LogP) is 16.1. The lowest BCUT2D eigenvalue weighted by molar-refractivity contribution is -0.260. The van der Waals surface area contributed by atoms with Crippen LogP contribution in [0.4, 0.5) is 0 Å². The molecular weight excluding hydrogens is 823 g/mol. The van der Waals surface area contributed by atoms with Gasteiger partial charge in [0.05, 0.1) is 35.4 Å². The van der Waals surface area contributed by atoms with E-state index in [1.807, 2.05) is 62.4 Å². The lowest BCUT2D eigenvalue weighted by Crippen LogP contribution is -2.44. The lowest BCUT2D eigenvalue weighted by atomic mass is 9.89. The van der Waals surface area contributed by atoms with Crippen LogP contribution >= 0.6 is 0 Å². The summed E-state index contributed by atoms with van der Waals surface area (Å²) in [5, 5.41) is 15.4. The standard InChI is InChI=1S/C58H80NO7/c1-5-7-9-11-13-15-17-19-21-23-25-45-63-51-35-27-47(28-36-51)55(60)65-53-39-31-49(32-40-53)57(3)43-44-58(4,59(57)62)50-33-41-54(42-34-50)66-56(61)48-29-37-52(38-30-48)64-46-26-24-22-20-18-16-14-12-10-8-6-2/h27-42H,5-26,43-46H2,1-4H3/t57-,58-/m0/s1. The van der Waals surface area contributed by atoms with Crippen LogP contribution in [0.1, 0.15) is 214 Å². The number of esters is 2. The molecule has 4 aromatic carbocycles. The Balaban J connectivity index is 0.998. The summed E-state index contributed by atoms with van der Waals surface area (Å²) in [4.78, 5) is 26.0. The first-order valence-corrected chi connectivity index (χ1v) is 25.7. The molecule has 66 heavy (non-hydrogen) atoms. The van der Waals surface area contributed by atoms with E-state index in [0.29, 0.717) is 48.7 Å². The summed E-state index contributed by atoms with van der Waals surface area (Å²) in [5.41, 5.74) is 0.974. The van der Waals surface area contributed by atoms with Gasteiger partial charge in [-0.25, -0.2) is 9.59 Å². The Morgan fingerprint density at radius 2 is 0.682 bits per heavy atom. The Morgan fingerprint density at radius 3 is 0.985 bits per heavy atom. The number of carbonyl (C=O) groups excluding carboxylic acids is 2. The molecule has 359 valence electrons. The van der Waals surface area contributed by atoms with E-state index >= 15 is 0 Å². The van der Waals surface area contributed by atoms with Gasteiger partial charge in [-0.2, -0.15) is 0 Å². The van der Waals surface area contributed by atoms with Crippen molar-refractivity contribution in [1.29, 1.82) is 0 Å². The quantitative estimate of drug-likeness (QED) is 0.0274. The van der Waals surface area contributed by atoms with E-state index in [2.05, 4.69) is 13.8 Å². The van der Waals surface area contributed by atoms with Crippen LogP contribution < -0.4 is 18.9 Å². The van der Waals surface area contributed by atoms with Crippen molar-refractivity contribution in [2.24, 2.45) is 0 Å². The minimum atomic E-state index is -0.797. The fourth-order valence-corrected chi connectivity index (χ4v) is 9.14. The zero-order valence-electron chi connectivity index (χ0n) is 40.9. The van der Waals surface area contributed by atoms with Gasteiger partial charge >= 0.3 is 11.9 Å². The van der Waals surface area contributed by atoms with Gasteiger partial charge in [-0.1, -0.05) is 167 Å². The third kappa shape index (κ3) is 16.6. The van der Waals surface area contributed by atoms with Crippen LogP contribution in [0.3, 0.4) is 0 Å². The first-order chi connectivity index (χ1) is 32.2. The van der Waals surface area contributed by atoms with Gasteiger partial charge in [0, 0.05) is 0 Å². The van der Waals surface area contributed by atoms with Gasteiger partial charge in [0.2, 0.25) is 0 Å².